The van der Waals surface area contributed by atoms with Crippen molar-refractivity contribution in [3.8, 4) is 11.3 Å². The van der Waals surface area contributed by atoms with Gasteiger partial charge in [0.2, 0.25) is 0 Å². The number of nitro groups is 1. The molecule has 3 aromatic rings. The number of nitrogens with zero attached hydrogens (tertiary/aromatic N) is 2. The van der Waals surface area contributed by atoms with Crippen molar-refractivity contribution in [3.63, 3.8) is 0 Å². The summed E-state index contributed by atoms with van der Waals surface area (Å²) < 4.78 is 5.21. The quantitative estimate of drug-likeness (QED) is 0.322. The van der Waals surface area contributed by atoms with Gasteiger partial charge in [-0.2, -0.15) is 0 Å². The van der Waals surface area contributed by atoms with Crippen LogP contribution in [0.25, 0.3) is 11.3 Å². The van der Waals surface area contributed by atoms with E-state index in [1.165, 1.54) is 48.9 Å². The number of aromatic nitrogens is 1. The summed E-state index contributed by atoms with van der Waals surface area (Å²) in [5.74, 6) is -1.35. The standard InChI is InChI=1S/C22H21N3O5S/c1-4-15-8-10-16(11-9-15)18-12-31-22(23-18)24-20(26)14(3)30-21(27)17-6-5-7-19(13(17)2)25(28)29/h5-12,14H,4H2,1-3H3,(H,23,24,26)/t14-/m1/s1. The molecule has 0 saturated carbocycles. The van der Waals surface area contributed by atoms with Crippen LogP contribution in [0.4, 0.5) is 10.8 Å². The third kappa shape index (κ3) is 5.13. The van der Waals surface area contributed by atoms with Gasteiger partial charge in [0, 0.05) is 22.6 Å². The molecule has 1 heterocycles. The van der Waals surface area contributed by atoms with Crippen LogP contribution in [0, 0.1) is 17.0 Å². The zero-order valence-corrected chi connectivity index (χ0v) is 18.1. The second-order valence-corrected chi connectivity index (χ2v) is 7.69. The van der Waals surface area contributed by atoms with E-state index < -0.39 is 22.9 Å². The predicted octanol–water partition coefficient (Wildman–Crippen LogP) is 4.77. The SMILES string of the molecule is CCc1ccc(-c2csc(NC(=O)[C@@H](C)OC(=O)c3cccc([N+](=O)[O-])c3C)n2)cc1. The molecule has 8 nitrogen and oxygen atoms in total. The largest absolute Gasteiger partial charge is 0.449 e. The van der Waals surface area contributed by atoms with Crippen molar-refractivity contribution >= 4 is 34.0 Å². The van der Waals surface area contributed by atoms with Gasteiger partial charge in [-0.25, -0.2) is 9.78 Å². The van der Waals surface area contributed by atoms with Crippen LogP contribution in [0.5, 0.6) is 0 Å². The molecule has 1 amide bonds. The van der Waals surface area contributed by atoms with Crippen molar-refractivity contribution in [1.29, 1.82) is 0 Å². The molecular formula is C22H21N3O5S. The molecule has 0 radical (unpaired) electrons. The van der Waals surface area contributed by atoms with Gasteiger partial charge in [-0.05, 0) is 31.9 Å². The normalized spacial score (nSPS) is 11.6. The topological polar surface area (TPSA) is 111 Å². The number of carbonyl (C=O) groups excluding carboxylic acids is 2. The van der Waals surface area contributed by atoms with E-state index in [1.807, 2.05) is 29.6 Å². The number of nitrogens with one attached hydrogen (secondary N) is 1. The number of aryl methyl sites for hydroxylation is 1. The van der Waals surface area contributed by atoms with Crippen LogP contribution in [0.2, 0.25) is 0 Å². The molecule has 31 heavy (non-hydrogen) atoms. The van der Waals surface area contributed by atoms with Gasteiger partial charge >= 0.3 is 5.97 Å². The number of esters is 1. The van der Waals surface area contributed by atoms with Gasteiger partial charge in [0.15, 0.2) is 11.2 Å². The lowest BCUT2D eigenvalue weighted by atomic mass is 10.1. The fourth-order valence-corrected chi connectivity index (χ4v) is 3.62. The maximum Gasteiger partial charge on any atom is 0.339 e. The monoisotopic (exact) mass is 439 g/mol. The predicted molar refractivity (Wildman–Crippen MR) is 118 cm³/mol. The number of carbonyl (C=O) groups is 2. The maximum atomic E-state index is 12.4. The lowest BCUT2D eigenvalue weighted by molar-refractivity contribution is -0.385. The summed E-state index contributed by atoms with van der Waals surface area (Å²) in [6.07, 6.45) is -0.159. The Morgan fingerprint density at radius 1 is 1.23 bits per heavy atom. The van der Waals surface area contributed by atoms with Gasteiger partial charge in [-0.1, -0.05) is 37.3 Å². The minimum absolute atomic E-state index is 0.0425. The van der Waals surface area contributed by atoms with E-state index in [-0.39, 0.29) is 16.8 Å². The highest BCUT2D eigenvalue weighted by atomic mass is 32.1. The average molecular weight is 439 g/mol. The van der Waals surface area contributed by atoms with Gasteiger partial charge in [0.25, 0.3) is 11.6 Å². The van der Waals surface area contributed by atoms with Crippen LogP contribution >= 0.6 is 11.3 Å². The van der Waals surface area contributed by atoms with Crippen LogP contribution in [0.15, 0.2) is 47.8 Å². The highest BCUT2D eigenvalue weighted by Gasteiger charge is 2.24. The molecular weight excluding hydrogens is 418 g/mol. The van der Waals surface area contributed by atoms with Crippen molar-refractivity contribution in [1.82, 2.24) is 4.98 Å². The number of benzene rings is 2. The third-order valence-electron chi connectivity index (χ3n) is 4.77. The Balaban J connectivity index is 1.65. The molecule has 160 valence electrons. The van der Waals surface area contributed by atoms with E-state index in [0.717, 1.165) is 17.7 Å². The van der Waals surface area contributed by atoms with E-state index in [0.29, 0.717) is 5.13 Å². The van der Waals surface area contributed by atoms with Crippen molar-refractivity contribution in [2.45, 2.75) is 33.3 Å². The Kier molecular flexibility index (Phi) is 6.76. The summed E-state index contributed by atoms with van der Waals surface area (Å²) in [6, 6.07) is 12.1. The summed E-state index contributed by atoms with van der Waals surface area (Å²) in [5, 5.41) is 15.9. The summed E-state index contributed by atoms with van der Waals surface area (Å²) in [6.45, 7) is 4.97. The Bertz CT molecular complexity index is 1120. The first-order valence-electron chi connectivity index (χ1n) is 9.60. The molecule has 0 saturated heterocycles. The molecule has 0 bridgehead atoms. The molecule has 1 N–H and O–H groups in total. The second kappa shape index (κ2) is 9.48. The number of hydrogen-bond donors (Lipinski definition) is 1. The zero-order chi connectivity index (χ0) is 22.5. The van der Waals surface area contributed by atoms with E-state index >= 15 is 0 Å². The minimum atomic E-state index is -1.11. The molecule has 0 fully saturated rings. The molecule has 9 heteroatoms. The molecule has 1 atom stereocenters. The van der Waals surface area contributed by atoms with Gasteiger partial charge in [0.1, 0.15) is 0 Å². The number of anilines is 1. The van der Waals surface area contributed by atoms with Gasteiger partial charge in [-0.15, -0.1) is 11.3 Å². The van der Waals surface area contributed by atoms with Gasteiger partial charge in [0.05, 0.1) is 16.2 Å². The van der Waals surface area contributed by atoms with Gasteiger partial charge < -0.3 is 4.74 Å². The molecule has 0 aliphatic rings. The van der Waals surface area contributed by atoms with Gasteiger partial charge in [-0.3, -0.25) is 20.2 Å². The van der Waals surface area contributed by atoms with Crippen molar-refractivity contribution in [2.75, 3.05) is 5.32 Å². The molecule has 3 rings (SSSR count). The molecule has 0 spiro atoms. The summed E-state index contributed by atoms with van der Waals surface area (Å²) in [7, 11) is 0. The average Bonchev–Trinajstić information content (AvgIpc) is 3.22. The maximum absolute atomic E-state index is 12.4. The Morgan fingerprint density at radius 2 is 1.94 bits per heavy atom. The number of ether oxygens (including phenoxy) is 1. The minimum Gasteiger partial charge on any atom is -0.449 e. The van der Waals surface area contributed by atoms with Crippen LogP contribution in [-0.4, -0.2) is 27.9 Å². The van der Waals surface area contributed by atoms with Crippen LogP contribution < -0.4 is 5.32 Å². The number of hydrogen-bond acceptors (Lipinski definition) is 7. The lowest BCUT2D eigenvalue weighted by Gasteiger charge is -2.13. The number of thiazole rings is 1. The first-order chi connectivity index (χ1) is 14.8. The van der Waals surface area contributed by atoms with E-state index in [2.05, 4.69) is 17.2 Å². The zero-order valence-electron chi connectivity index (χ0n) is 17.2. The van der Waals surface area contributed by atoms with E-state index in [4.69, 9.17) is 4.74 Å². The van der Waals surface area contributed by atoms with Crippen molar-refractivity contribution in [3.05, 3.63) is 74.6 Å². The first kappa shape index (κ1) is 22.1. The number of amides is 1. The molecule has 0 aliphatic carbocycles. The fourth-order valence-electron chi connectivity index (χ4n) is 2.90. The van der Waals surface area contributed by atoms with Crippen LogP contribution in [0.1, 0.15) is 35.3 Å². The van der Waals surface area contributed by atoms with Crippen molar-refractivity contribution in [2.24, 2.45) is 0 Å². The number of rotatable bonds is 7. The Hall–Kier alpha value is -3.59. The molecule has 1 aromatic heterocycles. The van der Waals surface area contributed by atoms with Crippen LogP contribution in [0.3, 0.4) is 0 Å². The summed E-state index contributed by atoms with van der Waals surface area (Å²) in [5.41, 5.74) is 2.94. The third-order valence-corrected chi connectivity index (χ3v) is 5.52. The lowest BCUT2D eigenvalue weighted by Crippen LogP contribution is -2.30. The molecule has 0 aliphatic heterocycles. The van der Waals surface area contributed by atoms with E-state index in [1.54, 1.807) is 0 Å². The second-order valence-electron chi connectivity index (χ2n) is 6.83. The summed E-state index contributed by atoms with van der Waals surface area (Å²) in [4.78, 5) is 39.7. The number of nitro benzene ring substituents is 1. The Labute approximate surface area is 183 Å². The highest BCUT2D eigenvalue weighted by molar-refractivity contribution is 7.14. The fraction of sp³-hybridized carbons (Fsp3) is 0.227. The molecule has 2 aromatic carbocycles. The molecule has 0 unspecified atom stereocenters. The van der Waals surface area contributed by atoms with Crippen molar-refractivity contribution < 1.29 is 19.2 Å². The van der Waals surface area contributed by atoms with E-state index in [9.17, 15) is 19.7 Å². The smallest absolute Gasteiger partial charge is 0.339 e. The first-order valence-corrected chi connectivity index (χ1v) is 10.5. The summed E-state index contributed by atoms with van der Waals surface area (Å²) >= 11 is 1.26. The Morgan fingerprint density at radius 3 is 2.58 bits per heavy atom. The van der Waals surface area contributed by atoms with Crippen LogP contribution in [-0.2, 0) is 16.0 Å². The highest BCUT2D eigenvalue weighted by Crippen LogP contribution is 2.26.